The number of nitrogens with two attached hydrogens (primary N) is 1. The number of aliphatic hydroxyl groups excluding tert-OH is 2. The summed E-state index contributed by atoms with van der Waals surface area (Å²) in [6.07, 6.45) is -1.58. The zero-order chi connectivity index (χ0) is 13.7. The summed E-state index contributed by atoms with van der Waals surface area (Å²) in [6, 6.07) is 3.01. The SMILES string of the molecule is COC(=O)c1cc(C(O)C(O)CC#N)cnc1N. The number of methoxy groups -OCH3 is 1. The zero-order valence-corrected chi connectivity index (χ0v) is 9.70. The first-order chi connectivity index (χ1) is 8.51. The van der Waals surface area contributed by atoms with Crippen molar-refractivity contribution in [3.63, 3.8) is 0 Å². The molecule has 0 saturated carbocycles. The number of carbonyl (C=O) groups excluding carboxylic acids is 1. The largest absolute Gasteiger partial charge is 0.465 e. The fourth-order valence-electron chi connectivity index (χ4n) is 1.35. The van der Waals surface area contributed by atoms with E-state index in [0.29, 0.717) is 0 Å². The number of rotatable bonds is 4. The predicted octanol–water partition coefficient (Wildman–Crippen LogP) is -0.242. The molecular formula is C11H13N3O4. The van der Waals surface area contributed by atoms with Crippen LogP contribution in [0.4, 0.5) is 5.82 Å². The van der Waals surface area contributed by atoms with Crippen LogP contribution in [0.5, 0.6) is 0 Å². The standard InChI is InChI=1S/C11H13N3O4/c1-18-11(17)7-4-6(5-14-10(7)13)9(16)8(15)2-3-12/h4-5,8-9,15-16H,2H2,1H3,(H2,13,14). The Morgan fingerprint density at radius 2 is 2.33 bits per heavy atom. The van der Waals surface area contributed by atoms with Gasteiger partial charge in [-0.2, -0.15) is 5.26 Å². The Kier molecular flexibility index (Phi) is 4.59. The number of nitriles is 1. The Labute approximate surface area is 103 Å². The average molecular weight is 251 g/mol. The van der Waals surface area contributed by atoms with Crippen LogP contribution in [-0.4, -0.2) is 34.4 Å². The van der Waals surface area contributed by atoms with Gasteiger partial charge in [0.05, 0.1) is 25.7 Å². The van der Waals surface area contributed by atoms with Crippen LogP contribution in [0, 0.1) is 11.3 Å². The second kappa shape index (κ2) is 5.95. The molecule has 0 aliphatic heterocycles. The monoisotopic (exact) mass is 251 g/mol. The number of carbonyl (C=O) groups is 1. The lowest BCUT2D eigenvalue weighted by atomic mass is 10.0. The van der Waals surface area contributed by atoms with Crippen molar-refractivity contribution in [1.82, 2.24) is 4.98 Å². The summed E-state index contributed by atoms with van der Waals surface area (Å²) in [5.41, 5.74) is 5.68. The van der Waals surface area contributed by atoms with E-state index < -0.39 is 18.2 Å². The van der Waals surface area contributed by atoms with Gasteiger partial charge in [0.15, 0.2) is 0 Å². The minimum absolute atomic E-state index is 0.00166. The van der Waals surface area contributed by atoms with E-state index >= 15 is 0 Å². The molecule has 0 aliphatic rings. The van der Waals surface area contributed by atoms with Crippen molar-refractivity contribution in [2.75, 3.05) is 12.8 Å². The Morgan fingerprint density at radius 1 is 1.67 bits per heavy atom. The fraction of sp³-hybridized carbons (Fsp3) is 0.364. The molecule has 2 atom stereocenters. The van der Waals surface area contributed by atoms with E-state index in [2.05, 4.69) is 9.72 Å². The van der Waals surface area contributed by atoms with Crippen molar-refractivity contribution in [2.45, 2.75) is 18.6 Å². The third kappa shape index (κ3) is 2.94. The number of nitrogens with zero attached hydrogens (tertiary/aromatic N) is 2. The first-order valence-electron chi connectivity index (χ1n) is 5.08. The molecule has 0 bridgehead atoms. The van der Waals surface area contributed by atoms with Gasteiger partial charge in [0.25, 0.3) is 0 Å². The van der Waals surface area contributed by atoms with Crippen LogP contribution in [-0.2, 0) is 4.74 Å². The molecule has 2 unspecified atom stereocenters. The van der Waals surface area contributed by atoms with Crippen molar-refractivity contribution in [2.24, 2.45) is 0 Å². The maximum absolute atomic E-state index is 11.4. The minimum atomic E-state index is -1.32. The van der Waals surface area contributed by atoms with E-state index in [1.54, 1.807) is 6.07 Å². The highest BCUT2D eigenvalue weighted by Crippen LogP contribution is 2.21. The molecule has 0 fully saturated rings. The Hall–Kier alpha value is -2.17. The summed E-state index contributed by atoms with van der Waals surface area (Å²) in [4.78, 5) is 15.1. The molecule has 1 aromatic rings. The lowest BCUT2D eigenvalue weighted by molar-refractivity contribution is 0.0213. The molecule has 0 aromatic carbocycles. The number of esters is 1. The first kappa shape index (κ1) is 13.9. The van der Waals surface area contributed by atoms with Crippen LogP contribution >= 0.6 is 0 Å². The highest BCUT2D eigenvalue weighted by molar-refractivity contribution is 5.94. The van der Waals surface area contributed by atoms with E-state index in [1.807, 2.05) is 0 Å². The van der Waals surface area contributed by atoms with Crippen molar-refractivity contribution in [3.05, 3.63) is 23.4 Å². The Balaban J connectivity index is 3.05. The first-order valence-corrected chi connectivity index (χ1v) is 5.08. The lowest BCUT2D eigenvalue weighted by Gasteiger charge is -2.16. The molecule has 96 valence electrons. The molecule has 1 aromatic heterocycles. The molecule has 7 nitrogen and oxygen atoms in total. The van der Waals surface area contributed by atoms with Gasteiger partial charge in [0.1, 0.15) is 17.5 Å². The molecule has 1 heterocycles. The molecule has 18 heavy (non-hydrogen) atoms. The summed E-state index contributed by atoms with van der Waals surface area (Å²) >= 11 is 0. The van der Waals surface area contributed by atoms with Gasteiger partial charge in [-0.05, 0) is 6.07 Å². The van der Waals surface area contributed by atoms with Crippen LogP contribution in [0.15, 0.2) is 12.3 Å². The summed E-state index contributed by atoms with van der Waals surface area (Å²) in [6.45, 7) is 0. The number of hydrogen-bond donors (Lipinski definition) is 3. The Bertz CT molecular complexity index is 484. The van der Waals surface area contributed by atoms with Gasteiger partial charge >= 0.3 is 5.97 Å². The van der Waals surface area contributed by atoms with Gasteiger partial charge in [-0.3, -0.25) is 0 Å². The van der Waals surface area contributed by atoms with Crippen LogP contribution in [0.1, 0.15) is 28.4 Å². The Morgan fingerprint density at radius 3 is 2.89 bits per heavy atom. The quantitative estimate of drug-likeness (QED) is 0.629. The average Bonchev–Trinajstić information content (AvgIpc) is 2.38. The third-order valence-corrected chi connectivity index (χ3v) is 2.35. The van der Waals surface area contributed by atoms with Crippen LogP contribution in [0.3, 0.4) is 0 Å². The van der Waals surface area contributed by atoms with E-state index in [9.17, 15) is 15.0 Å². The fourth-order valence-corrected chi connectivity index (χ4v) is 1.35. The number of ether oxygens (including phenoxy) is 1. The van der Waals surface area contributed by atoms with Crippen molar-refractivity contribution in [1.29, 1.82) is 5.26 Å². The highest BCUT2D eigenvalue weighted by atomic mass is 16.5. The number of hydrogen-bond acceptors (Lipinski definition) is 7. The van der Waals surface area contributed by atoms with Crippen LogP contribution in [0.2, 0.25) is 0 Å². The van der Waals surface area contributed by atoms with E-state index in [4.69, 9.17) is 11.0 Å². The third-order valence-electron chi connectivity index (χ3n) is 2.35. The smallest absolute Gasteiger partial charge is 0.341 e. The summed E-state index contributed by atoms with van der Waals surface area (Å²) < 4.78 is 4.50. The second-order valence-electron chi connectivity index (χ2n) is 3.57. The summed E-state index contributed by atoms with van der Waals surface area (Å²) in [5.74, 6) is -0.726. The number of aliphatic hydroxyl groups is 2. The van der Waals surface area contributed by atoms with Crippen LogP contribution < -0.4 is 5.73 Å². The number of aromatic nitrogens is 1. The second-order valence-corrected chi connectivity index (χ2v) is 3.57. The van der Waals surface area contributed by atoms with Gasteiger partial charge in [0.2, 0.25) is 0 Å². The molecule has 1 rings (SSSR count). The zero-order valence-electron chi connectivity index (χ0n) is 9.70. The topological polar surface area (TPSA) is 129 Å². The van der Waals surface area contributed by atoms with Crippen molar-refractivity contribution < 1.29 is 19.7 Å². The molecular weight excluding hydrogens is 238 g/mol. The summed E-state index contributed by atoms with van der Waals surface area (Å²) in [7, 11) is 1.19. The van der Waals surface area contributed by atoms with Gasteiger partial charge in [-0.15, -0.1) is 0 Å². The number of pyridine rings is 1. The van der Waals surface area contributed by atoms with E-state index in [-0.39, 0.29) is 23.4 Å². The van der Waals surface area contributed by atoms with Gasteiger partial charge in [0, 0.05) is 11.8 Å². The van der Waals surface area contributed by atoms with Crippen molar-refractivity contribution >= 4 is 11.8 Å². The van der Waals surface area contributed by atoms with E-state index in [1.165, 1.54) is 19.4 Å². The molecule has 0 amide bonds. The highest BCUT2D eigenvalue weighted by Gasteiger charge is 2.21. The van der Waals surface area contributed by atoms with Crippen molar-refractivity contribution in [3.8, 4) is 6.07 Å². The predicted molar refractivity (Wildman–Crippen MR) is 61.2 cm³/mol. The maximum atomic E-state index is 11.4. The lowest BCUT2D eigenvalue weighted by Crippen LogP contribution is -2.19. The molecule has 0 radical (unpaired) electrons. The van der Waals surface area contributed by atoms with E-state index in [0.717, 1.165) is 0 Å². The minimum Gasteiger partial charge on any atom is -0.465 e. The summed E-state index contributed by atoms with van der Waals surface area (Å²) in [5, 5.41) is 27.7. The van der Waals surface area contributed by atoms with Gasteiger partial charge < -0.3 is 20.7 Å². The normalized spacial score (nSPS) is 13.4. The van der Waals surface area contributed by atoms with Gasteiger partial charge in [-0.1, -0.05) is 0 Å². The number of nitrogen functional groups attached to an aromatic ring is 1. The molecule has 0 spiro atoms. The number of anilines is 1. The van der Waals surface area contributed by atoms with Crippen LogP contribution in [0.25, 0.3) is 0 Å². The van der Waals surface area contributed by atoms with Gasteiger partial charge in [-0.25, -0.2) is 9.78 Å². The molecule has 0 aliphatic carbocycles. The molecule has 4 N–H and O–H groups in total. The molecule has 0 saturated heterocycles. The molecule has 7 heteroatoms. The maximum Gasteiger partial charge on any atom is 0.341 e.